The number of nitrogens with one attached hydrogen (secondary N) is 1. The van der Waals surface area contributed by atoms with Gasteiger partial charge >= 0.3 is 11.8 Å². The molecule has 7 heteroatoms. The molecule has 3 aromatic rings. The van der Waals surface area contributed by atoms with Gasteiger partial charge in [-0.1, -0.05) is 30.3 Å². The maximum atomic E-state index is 12.8. The molecular formula is C21H24N4O3. The van der Waals surface area contributed by atoms with Gasteiger partial charge in [-0.3, -0.25) is 4.57 Å². The molecule has 0 saturated carbocycles. The van der Waals surface area contributed by atoms with Crippen molar-refractivity contribution in [2.45, 2.75) is 18.4 Å². The first-order valence-corrected chi connectivity index (χ1v) is 9.40. The summed E-state index contributed by atoms with van der Waals surface area (Å²) in [6.07, 6.45) is -0.336. The van der Waals surface area contributed by atoms with Crippen molar-refractivity contribution < 1.29 is 9.90 Å². The van der Waals surface area contributed by atoms with E-state index in [0.29, 0.717) is 19.5 Å². The zero-order valence-corrected chi connectivity index (χ0v) is 16.0. The molecule has 2 heterocycles. The van der Waals surface area contributed by atoms with Gasteiger partial charge in [0.05, 0.1) is 11.0 Å². The average Bonchev–Trinajstić information content (AvgIpc) is 3.03. The number of H-pyrrole nitrogens is 1. The fourth-order valence-corrected chi connectivity index (χ4v) is 4.34. The van der Waals surface area contributed by atoms with E-state index in [1.165, 1.54) is 4.90 Å². The molecule has 1 saturated heterocycles. The third-order valence-corrected chi connectivity index (χ3v) is 5.62. The Morgan fingerprint density at radius 3 is 2.61 bits per heavy atom. The largest absolute Gasteiger partial charge is 0.465 e. The number of anilines is 1. The van der Waals surface area contributed by atoms with Crippen LogP contribution in [-0.2, 0) is 0 Å². The maximum Gasteiger partial charge on any atom is 0.407 e. The predicted molar refractivity (Wildman–Crippen MR) is 109 cm³/mol. The number of aromatic nitrogens is 2. The van der Waals surface area contributed by atoms with Gasteiger partial charge in [0, 0.05) is 44.8 Å². The van der Waals surface area contributed by atoms with Crippen LogP contribution in [0.15, 0.2) is 53.3 Å². The number of rotatable bonds is 3. The van der Waals surface area contributed by atoms with E-state index in [4.69, 9.17) is 0 Å². The number of fused-ring (bicyclic) bond motifs is 1. The molecule has 1 aliphatic rings. The lowest BCUT2D eigenvalue weighted by atomic mass is 9.84. The van der Waals surface area contributed by atoms with Gasteiger partial charge in [-0.2, -0.15) is 0 Å². The number of likely N-dealkylation sites (tertiary alicyclic amines) is 1. The zero-order chi connectivity index (χ0) is 19.8. The second kappa shape index (κ2) is 7.07. The lowest BCUT2D eigenvalue weighted by Crippen LogP contribution is -2.44. The summed E-state index contributed by atoms with van der Waals surface area (Å²) in [5.74, 6) is -0.125. The summed E-state index contributed by atoms with van der Waals surface area (Å²) in [5.41, 5.74) is 3.60. The molecule has 146 valence electrons. The molecule has 2 unspecified atom stereocenters. The summed E-state index contributed by atoms with van der Waals surface area (Å²) in [6.45, 7) is 0.767. The van der Waals surface area contributed by atoms with Gasteiger partial charge in [0.15, 0.2) is 0 Å². The van der Waals surface area contributed by atoms with Crippen LogP contribution in [0.2, 0.25) is 0 Å². The normalized spacial score (nSPS) is 19.7. The van der Waals surface area contributed by atoms with Crippen LogP contribution >= 0.6 is 0 Å². The lowest BCUT2D eigenvalue weighted by Gasteiger charge is -2.39. The first-order valence-electron chi connectivity index (χ1n) is 9.40. The van der Waals surface area contributed by atoms with Gasteiger partial charge in [0.2, 0.25) is 0 Å². The van der Waals surface area contributed by atoms with Crippen molar-refractivity contribution in [3.05, 3.63) is 64.6 Å². The Morgan fingerprint density at radius 1 is 1.14 bits per heavy atom. The minimum Gasteiger partial charge on any atom is -0.465 e. The molecule has 2 N–H and O–H groups in total. The number of benzene rings is 2. The van der Waals surface area contributed by atoms with Crippen molar-refractivity contribution >= 4 is 22.8 Å². The maximum absolute atomic E-state index is 12.8. The number of hydrogen-bond acceptors (Lipinski definition) is 3. The first-order chi connectivity index (χ1) is 13.5. The molecule has 1 fully saturated rings. The summed E-state index contributed by atoms with van der Waals surface area (Å²) in [4.78, 5) is 30.9. The van der Waals surface area contributed by atoms with E-state index >= 15 is 0 Å². The monoisotopic (exact) mass is 380 g/mol. The third kappa shape index (κ3) is 3.02. The topological polar surface area (TPSA) is 81.6 Å². The van der Waals surface area contributed by atoms with Crippen LogP contribution in [-0.4, -0.2) is 52.8 Å². The molecule has 4 rings (SSSR count). The van der Waals surface area contributed by atoms with Crippen LogP contribution < -0.4 is 10.6 Å². The van der Waals surface area contributed by atoms with Gasteiger partial charge < -0.3 is 19.9 Å². The Kier molecular flexibility index (Phi) is 4.58. The summed E-state index contributed by atoms with van der Waals surface area (Å²) in [6, 6.07) is 15.5. The number of amides is 1. The number of aromatic amines is 1. The highest BCUT2D eigenvalue weighted by Gasteiger charge is 2.36. The standard InChI is InChI=1S/C21H24N4O3/c1-23(2)17-9-5-3-7-14(17)15-13-24(21(27)28)12-11-18(15)25-19-10-6-4-8-16(19)22-20(25)26/h3-10,15,18H,11-13H2,1-2H3,(H,22,26)(H,27,28). The quantitative estimate of drug-likeness (QED) is 0.732. The lowest BCUT2D eigenvalue weighted by molar-refractivity contribution is 0.117. The van der Waals surface area contributed by atoms with E-state index in [1.807, 2.05) is 72.1 Å². The van der Waals surface area contributed by atoms with E-state index in [2.05, 4.69) is 4.98 Å². The smallest absolute Gasteiger partial charge is 0.407 e. The fourth-order valence-electron chi connectivity index (χ4n) is 4.34. The molecule has 7 nitrogen and oxygen atoms in total. The van der Waals surface area contributed by atoms with Crippen molar-refractivity contribution in [3.8, 4) is 0 Å². The molecule has 0 radical (unpaired) electrons. The summed E-state index contributed by atoms with van der Waals surface area (Å²) in [7, 11) is 3.95. The number of imidazole rings is 1. The Hall–Kier alpha value is -3.22. The number of carbonyl (C=O) groups is 1. The average molecular weight is 380 g/mol. The molecule has 0 bridgehead atoms. The zero-order valence-electron chi connectivity index (χ0n) is 16.0. The molecular weight excluding hydrogens is 356 g/mol. The fraction of sp³-hybridized carbons (Fsp3) is 0.333. The van der Waals surface area contributed by atoms with Gasteiger partial charge in [0.1, 0.15) is 0 Å². The third-order valence-electron chi connectivity index (χ3n) is 5.62. The number of piperidine rings is 1. The van der Waals surface area contributed by atoms with Crippen LogP contribution in [0, 0.1) is 0 Å². The summed E-state index contributed by atoms with van der Waals surface area (Å²) >= 11 is 0. The molecule has 2 atom stereocenters. The highest BCUT2D eigenvalue weighted by Crippen LogP contribution is 2.40. The number of nitrogens with zero attached hydrogens (tertiary/aromatic N) is 3. The molecule has 1 aliphatic heterocycles. The van der Waals surface area contributed by atoms with E-state index in [0.717, 1.165) is 22.3 Å². The van der Waals surface area contributed by atoms with Gasteiger partial charge in [-0.05, 0) is 30.2 Å². The van der Waals surface area contributed by atoms with Crippen LogP contribution in [0.5, 0.6) is 0 Å². The second-order valence-corrected chi connectivity index (χ2v) is 7.46. The van der Waals surface area contributed by atoms with Crippen LogP contribution in [0.3, 0.4) is 0 Å². The molecule has 1 aromatic heterocycles. The SMILES string of the molecule is CN(C)c1ccccc1C1CN(C(=O)O)CCC1n1c(=O)[nH]c2ccccc21. The number of hydrogen-bond donors (Lipinski definition) is 2. The Bertz CT molecular complexity index is 1070. The van der Waals surface area contributed by atoms with Gasteiger partial charge in [-0.15, -0.1) is 0 Å². The van der Waals surface area contributed by atoms with Crippen molar-refractivity contribution in [2.75, 3.05) is 32.1 Å². The van der Waals surface area contributed by atoms with E-state index in [9.17, 15) is 14.7 Å². The Labute approximate surface area is 162 Å². The molecule has 0 aliphatic carbocycles. The molecule has 0 spiro atoms. The summed E-state index contributed by atoms with van der Waals surface area (Å²) < 4.78 is 1.81. The van der Waals surface area contributed by atoms with Crippen LogP contribution in [0.25, 0.3) is 11.0 Å². The Balaban J connectivity index is 1.87. The van der Waals surface area contributed by atoms with Crippen molar-refractivity contribution in [3.63, 3.8) is 0 Å². The van der Waals surface area contributed by atoms with E-state index in [-0.39, 0.29) is 17.6 Å². The van der Waals surface area contributed by atoms with Crippen molar-refractivity contribution in [1.29, 1.82) is 0 Å². The molecule has 28 heavy (non-hydrogen) atoms. The second-order valence-electron chi connectivity index (χ2n) is 7.46. The van der Waals surface area contributed by atoms with Crippen molar-refractivity contribution in [2.24, 2.45) is 0 Å². The van der Waals surface area contributed by atoms with E-state index in [1.54, 1.807) is 0 Å². The Morgan fingerprint density at radius 2 is 1.86 bits per heavy atom. The summed E-state index contributed by atoms with van der Waals surface area (Å²) in [5, 5.41) is 9.57. The van der Waals surface area contributed by atoms with Crippen LogP contribution in [0.1, 0.15) is 23.9 Å². The molecule has 2 aromatic carbocycles. The van der Waals surface area contributed by atoms with Gasteiger partial charge in [0.25, 0.3) is 0 Å². The van der Waals surface area contributed by atoms with Crippen molar-refractivity contribution in [1.82, 2.24) is 14.5 Å². The highest BCUT2D eigenvalue weighted by molar-refractivity contribution is 5.75. The minimum atomic E-state index is -0.919. The predicted octanol–water partition coefficient (Wildman–Crippen LogP) is 3.10. The number of para-hydroxylation sites is 3. The number of carboxylic acid groups (broad SMARTS) is 1. The van der Waals surface area contributed by atoms with Crippen LogP contribution in [0.4, 0.5) is 10.5 Å². The minimum absolute atomic E-state index is 0.125. The van der Waals surface area contributed by atoms with Gasteiger partial charge in [-0.25, -0.2) is 9.59 Å². The highest BCUT2D eigenvalue weighted by atomic mass is 16.4. The molecule has 1 amide bonds. The van der Waals surface area contributed by atoms with E-state index < -0.39 is 6.09 Å². The first kappa shape index (κ1) is 18.2.